The summed E-state index contributed by atoms with van der Waals surface area (Å²) < 4.78 is 31.9. The molecule has 0 unspecified atom stereocenters. The van der Waals surface area contributed by atoms with Gasteiger partial charge in [-0.05, 0) is 23.1 Å². The second kappa shape index (κ2) is 8.82. The predicted molar refractivity (Wildman–Crippen MR) is 131 cm³/mol. The van der Waals surface area contributed by atoms with Crippen LogP contribution in [0.5, 0.6) is 0 Å². The number of fused-ring (bicyclic) bond motifs is 11. The molecule has 5 aliphatic rings. The van der Waals surface area contributed by atoms with Crippen molar-refractivity contribution in [3.05, 3.63) is 83.4 Å². The van der Waals surface area contributed by atoms with Gasteiger partial charge in [-0.15, -0.1) is 0 Å². The average Bonchev–Trinajstić information content (AvgIpc) is 3.66. The molecule has 4 bridgehead atoms. The van der Waals surface area contributed by atoms with E-state index in [4.69, 9.17) is 23.7 Å². The van der Waals surface area contributed by atoms with Gasteiger partial charge in [0, 0.05) is 37.2 Å². The summed E-state index contributed by atoms with van der Waals surface area (Å²) in [5, 5.41) is 0. The summed E-state index contributed by atoms with van der Waals surface area (Å²) in [6.45, 7) is 1.97. The Morgan fingerprint density at radius 2 is 1.49 bits per heavy atom. The summed E-state index contributed by atoms with van der Waals surface area (Å²) in [4.78, 5) is 0. The number of hydrogen-bond acceptors (Lipinski definition) is 5. The Hall–Kier alpha value is -2.02. The molecule has 9 atom stereocenters. The van der Waals surface area contributed by atoms with Gasteiger partial charge in [-0.3, -0.25) is 0 Å². The Kier molecular flexibility index (Phi) is 5.60. The van der Waals surface area contributed by atoms with Gasteiger partial charge in [0.05, 0.1) is 50.3 Å². The summed E-state index contributed by atoms with van der Waals surface area (Å²) in [7, 11) is 1.82. The molecule has 184 valence electrons. The van der Waals surface area contributed by atoms with Crippen molar-refractivity contribution in [3.8, 4) is 0 Å². The number of ether oxygens (including phenoxy) is 5. The van der Waals surface area contributed by atoms with Gasteiger partial charge < -0.3 is 23.7 Å². The predicted octanol–water partition coefficient (Wildman–Crippen LogP) is 4.69. The molecule has 4 aliphatic heterocycles. The average molecular weight is 475 g/mol. The maximum Gasteiger partial charge on any atom is 0.106 e. The largest absolute Gasteiger partial charge is 0.384 e. The molecular weight excluding hydrogens is 440 g/mol. The Bertz CT molecular complexity index is 1070. The third-order valence-electron chi connectivity index (χ3n) is 9.12. The number of benzene rings is 2. The highest BCUT2D eigenvalue weighted by Gasteiger charge is 2.70. The zero-order valence-corrected chi connectivity index (χ0v) is 20.3. The van der Waals surface area contributed by atoms with Gasteiger partial charge in [0.1, 0.15) is 6.10 Å². The molecule has 2 aromatic rings. The molecular formula is C30H34O5. The lowest BCUT2D eigenvalue weighted by Gasteiger charge is -2.50. The summed E-state index contributed by atoms with van der Waals surface area (Å²) >= 11 is 0. The second-order valence-electron chi connectivity index (χ2n) is 11.0. The third-order valence-corrected chi connectivity index (χ3v) is 9.12. The van der Waals surface area contributed by atoms with Crippen molar-refractivity contribution in [1.82, 2.24) is 0 Å². The molecule has 5 nitrogen and oxygen atoms in total. The van der Waals surface area contributed by atoms with E-state index in [-0.39, 0.29) is 42.0 Å². The minimum Gasteiger partial charge on any atom is -0.384 e. The zero-order chi connectivity index (χ0) is 23.4. The fourth-order valence-corrected chi connectivity index (χ4v) is 7.81. The fraction of sp³-hybridized carbons (Fsp3) is 0.533. The van der Waals surface area contributed by atoms with E-state index in [1.54, 1.807) is 0 Å². The molecule has 0 radical (unpaired) electrons. The van der Waals surface area contributed by atoms with Crippen LogP contribution in [-0.2, 0) is 36.9 Å². The Morgan fingerprint density at radius 3 is 2.17 bits per heavy atom. The van der Waals surface area contributed by atoms with Crippen LogP contribution in [0.25, 0.3) is 0 Å². The summed E-state index contributed by atoms with van der Waals surface area (Å²) in [5.41, 5.74) is 3.84. The lowest BCUT2D eigenvalue weighted by Crippen LogP contribution is -2.56. The number of allylic oxidation sites excluding steroid dienone is 1. The topological polar surface area (TPSA) is 46.2 Å². The van der Waals surface area contributed by atoms with E-state index in [1.165, 1.54) is 16.7 Å². The minimum atomic E-state index is -0.0403. The van der Waals surface area contributed by atoms with Gasteiger partial charge >= 0.3 is 0 Å². The lowest BCUT2D eigenvalue weighted by atomic mass is 9.53. The maximum atomic E-state index is 6.70. The first-order chi connectivity index (χ1) is 17.3. The highest BCUT2D eigenvalue weighted by molar-refractivity contribution is 5.34. The second-order valence-corrected chi connectivity index (χ2v) is 11.0. The van der Waals surface area contributed by atoms with E-state index < -0.39 is 0 Å². The van der Waals surface area contributed by atoms with Gasteiger partial charge in [-0.25, -0.2) is 0 Å². The Balaban J connectivity index is 1.09. The first-order valence-corrected chi connectivity index (χ1v) is 13.1. The van der Waals surface area contributed by atoms with Crippen molar-refractivity contribution >= 4 is 0 Å². The van der Waals surface area contributed by atoms with Crippen molar-refractivity contribution in [2.75, 3.05) is 13.7 Å². The summed E-state index contributed by atoms with van der Waals surface area (Å²) in [6.07, 6.45) is 6.15. The number of rotatable bonds is 8. The van der Waals surface area contributed by atoms with Crippen LogP contribution in [0.2, 0.25) is 0 Å². The molecule has 4 fully saturated rings. The van der Waals surface area contributed by atoms with Gasteiger partial charge in [-0.2, -0.15) is 0 Å². The van der Waals surface area contributed by atoms with Crippen LogP contribution in [0.15, 0.2) is 72.3 Å². The number of methoxy groups -OCH3 is 1. The van der Waals surface area contributed by atoms with Crippen LogP contribution in [0, 0.1) is 17.3 Å². The molecule has 0 aromatic heterocycles. The normalized spacial score (nSPS) is 40.5. The van der Waals surface area contributed by atoms with Crippen molar-refractivity contribution in [3.63, 3.8) is 0 Å². The van der Waals surface area contributed by atoms with Gasteiger partial charge in [0.2, 0.25) is 0 Å². The van der Waals surface area contributed by atoms with Crippen LogP contribution in [-0.4, -0.2) is 50.3 Å². The van der Waals surface area contributed by atoms with E-state index >= 15 is 0 Å². The van der Waals surface area contributed by atoms with E-state index in [0.29, 0.717) is 31.7 Å². The summed E-state index contributed by atoms with van der Waals surface area (Å²) in [5.74, 6) is 0.833. The van der Waals surface area contributed by atoms with Crippen LogP contribution in [0.3, 0.4) is 0 Å². The van der Waals surface area contributed by atoms with Crippen LogP contribution in [0.1, 0.15) is 30.4 Å². The molecule has 0 spiro atoms. The Morgan fingerprint density at radius 1 is 0.829 bits per heavy atom. The molecule has 0 amide bonds. The van der Waals surface area contributed by atoms with Gasteiger partial charge in [-0.1, -0.05) is 66.7 Å². The van der Waals surface area contributed by atoms with Gasteiger partial charge in [0.25, 0.3) is 0 Å². The Labute approximate surface area is 207 Å². The first kappa shape index (κ1) is 22.2. The van der Waals surface area contributed by atoms with Gasteiger partial charge in [0.15, 0.2) is 0 Å². The van der Waals surface area contributed by atoms with Crippen LogP contribution >= 0.6 is 0 Å². The third kappa shape index (κ3) is 3.55. The molecule has 2 aromatic carbocycles. The highest BCUT2D eigenvalue weighted by Crippen LogP contribution is 2.65. The van der Waals surface area contributed by atoms with Crippen molar-refractivity contribution in [2.24, 2.45) is 17.3 Å². The van der Waals surface area contributed by atoms with E-state index in [0.717, 1.165) is 19.3 Å². The maximum absolute atomic E-state index is 6.70. The van der Waals surface area contributed by atoms with Crippen molar-refractivity contribution < 1.29 is 23.7 Å². The molecule has 1 aliphatic carbocycles. The van der Waals surface area contributed by atoms with Crippen LogP contribution in [0.4, 0.5) is 0 Å². The van der Waals surface area contributed by atoms with Crippen molar-refractivity contribution in [1.29, 1.82) is 0 Å². The SMILES string of the molecule is COC[C@@]12CC=C3[C@H]([C@@H]1[C@H]1C[C@@H](OCc4ccccc4)[C@@H]2O1)[C@H]1C[C@@H](OCc2ccccc2)[C@@H]3O1. The molecule has 0 saturated carbocycles. The molecule has 4 saturated heterocycles. The molecule has 4 heterocycles. The lowest BCUT2D eigenvalue weighted by molar-refractivity contribution is -0.0959. The zero-order valence-electron chi connectivity index (χ0n) is 20.3. The quantitative estimate of drug-likeness (QED) is 0.520. The highest BCUT2D eigenvalue weighted by atomic mass is 16.6. The standard InChI is InChI=1S/C30H34O5/c1-31-18-30-13-12-21-26(22-14-24(28(21)34-22)32-16-19-8-4-2-5-9-19)27(30)23-15-25(29(30)35-23)33-17-20-10-6-3-7-11-20/h2-12,22-29H,13-18H2,1H3/t22-,23-,24-,25-,26+,27+,28-,29+,30+/m1/s1. The smallest absolute Gasteiger partial charge is 0.106 e. The van der Waals surface area contributed by atoms with Crippen LogP contribution < -0.4 is 0 Å². The molecule has 35 heavy (non-hydrogen) atoms. The van der Waals surface area contributed by atoms with E-state index in [2.05, 4.69) is 54.6 Å². The fourth-order valence-electron chi connectivity index (χ4n) is 7.81. The molecule has 5 heteroatoms. The number of hydrogen-bond donors (Lipinski definition) is 0. The summed E-state index contributed by atoms with van der Waals surface area (Å²) in [6, 6.07) is 20.9. The van der Waals surface area contributed by atoms with E-state index in [9.17, 15) is 0 Å². The molecule has 0 N–H and O–H groups in total. The van der Waals surface area contributed by atoms with Crippen molar-refractivity contribution in [2.45, 2.75) is 69.1 Å². The monoisotopic (exact) mass is 474 g/mol. The van der Waals surface area contributed by atoms with E-state index in [1.807, 2.05) is 19.2 Å². The first-order valence-electron chi connectivity index (χ1n) is 13.1. The molecule has 7 rings (SSSR count). The minimum absolute atomic E-state index is 0.0403.